The summed E-state index contributed by atoms with van der Waals surface area (Å²) in [4.78, 5) is 9.16. The van der Waals surface area contributed by atoms with E-state index < -0.39 is 63.4 Å². The molecular formula is C20H15F4NO6S2. The van der Waals surface area contributed by atoms with E-state index >= 15 is 0 Å². The maximum absolute atomic E-state index is 14.0. The number of benzene rings is 2. The number of sulfone groups is 2. The normalized spacial score (nSPS) is 13.5. The summed E-state index contributed by atoms with van der Waals surface area (Å²) in [5.41, 5.74) is 0.165. The third-order valence-electron chi connectivity index (χ3n) is 4.55. The molecule has 0 aliphatic carbocycles. The van der Waals surface area contributed by atoms with E-state index in [1.54, 1.807) is 5.32 Å². The van der Waals surface area contributed by atoms with Crippen LogP contribution in [-0.4, -0.2) is 28.9 Å². The SMILES string of the molecule is C[C@H](NC(=O)C(F)(F)F)c1ccc(S(=O)(=O)c2ccoc2S(=O)(=O)c2ccccc2F)cc1. The molecule has 1 aromatic heterocycles. The lowest BCUT2D eigenvalue weighted by Gasteiger charge is -2.16. The second-order valence-corrected chi connectivity index (χ2v) is 10.5. The molecule has 0 radical (unpaired) electrons. The number of carbonyl (C=O) groups excluding carboxylic acids is 1. The first-order chi connectivity index (χ1) is 15.3. The molecule has 0 spiro atoms. The number of amides is 1. The average molecular weight is 505 g/mol. The average Bonchev–Trinajstić information content (AvgIpc) is 3.25. The quantitative estimate of drug-likeness (QED) is 0.510. The zero-order valence-corrected chi connectivity index (χ0v) is 18.3. The van der Waals surface area contributed by atoms with Crippen LogP contribution in [0.2, 0.25) is 0 Å². The van der Waals surface area contributed by atoms with E-state index in [0.717, 1.165) is 36.6 Å². The number of hydrogen-bond donors (Lipinski definition) is 1. The fourth-order valence-corrected chi connectivity index (χ4v) is 6.07. The molecule has 1 heterocycles. The third kappa shape index (κ3) is 4.78. The minimum absolute atomic E-state index is 0.165. The molecule has 1 amide bonds. The summed E-state index contributed by atoms with van der Waals surface area (Å²) in [6.45, 7) is 1.27. The highest BCUT2D eigenvalue weighted by atomic mass is 32.2. The Bertz CT molecular complexity index is 1390. The Kier molecular flexibility index (Phi) is 6.40. The van der Waals surface area contributed by atoms with Crippen molar-refractivity contribution in [3.63, 3.8) is 0 Å². The van der Waals surface area contributed by atoms with Crippen LogP contribution in [0.4, 0.5) is 17.6 Å². The van der Waals surface area contributed by atoms with Gasteiger partial charge in [0.1, 0.15) is 15.6 Å². The number of alkyl halides is 3. The van der Waals surface area contributed by atoms with Gasteiger partial charge in [0.25, 0.3) is 0 Å². The van der Waals surface area contributed by atoms with Crippen molar-refractivity contribution in [2.45, 2.75) is 38.9 Å². The minimum Gasteiger partial charge on any atom is -0.451 e. The van der Waals surface area contributed by atoms with Gasteiger partial charge in [0, 0.05) is 0 Å². The predicted octanol–water partition coefficient (Wildman–Crippen LogP) is 3.82. The molecule has 1 atom stereocenters. The lowest BCUT2D eigenvalue weighted by molar-refractivity contribution is -0.174. The van der Waals surface area contributed by atoms with Crippen molar-refractivity contribution in [3.05, 3.63) is 72.2 Å². The smallest absolute Gasteiger partial charge is 0.451 e. The second-order valence-electron chi connectivity index (χ2n) is 6.77. The first kappa shape index (κ1) is 24.5. The molecule has 176 valence electrons. The van der Waals surface area contributed by atoms with Crippen molar-refractivity contribution >= 4 is 25.6 Å². The number of hydrogen-bond acceptors (Lipinski definition) is 6. The Hall–Kier alpha value is -3.19. The Labute approximate surface area is 185 Å². The highest BCUT2D eigenvalue weighted by molar-refractivity contribution is 7.94. The van der Waals surface area contributed by atoms with E-state index in [2.05, 4.69) is 0 Å². The van der Waals surface area contributed by atoms with Gasteiger partial charge in [-0.3, -0.25) is 4.79 Å². The van der Waals surface area contributed by atoms with Crippen LogP contribution < -0.4 is 5.32 Å². The molecule has 13 heteroatoms. The topological polar surface area (TPSA) is 111 Å². The zero-order chi connectivity index (χ0) is 24.6. The summed E-state index contributed by atoms with van der Waals surface area (Å²) in [7, 11) is -9.15. The minimum atomic E-state index is -5.08. The van der Waals surface area contributed by atoms with E-state index in [1.165, 1.54) is 31.2 Å². The summed E-state index contributed by atoms with van der Waals surface area (Å²) in [6, 6.07) is 8.55. The van der Waals surface area contributed by atoms with Crippen LogP contribution in [0.5, 0.6) is 0 Å². The van der Waals surface area contributed by atoms with E-state index in [-0.39, 0.29) is 5.56 Å². The van der Waals surface area contributed by atoms with Gasteiger partial charge in [-0.2, -0.15) is 13.2 Å². The van der Waals surface area contributed by atoms with Gasteiger partial charge >= 0.3 is 12.1 Å². The lowest BCUT2D eigenvalue weighted by atomic mass is 10.1. The van der Waals surface area contributed by atoms with Crippen LogP contribution in [0.25, 0.3) is 0 Å². The van der Waals surface area contributed by atoms with Gasteiger partial charge < -0.3 is 9.73 Å². The Morgan fingerprint density at radius 3 is 2.09 bits per heavy atom. The van der Waals surface area contributed by atoms with E-state index in [0.29, 0.717) is 0 Å². The summed E-state index contributed by atoms with van der Waals surface area (Å²) in [5, 5.41) is 0.747. The van der Waals surface area contributed by atoms with Gasteiger partial charge in [0.05, 0.1) is 17.2 Å². The van der Waals surface area contributed by atoms with Crippen LogP contribution in [0.15, 0.2) is 85.1 Å². The van der Waals surface area contributed by atoms with Crippen molar-refractivity contribution in [2.75, 3.05) is 0 Å². The lowest BCUT2D eigenvalue weighted by Crippen LogP contribution is -2.38. The summed E-state index contributed by atoms with van der Waals surface area (Å²) in [5.74, 6) is -3.26. The fourth-order valence-electron chi connectivity index (χ4n) is 2.87. The van der Waals surface area contributed by atoms with Gasteiger partial charge in [-0.15, -0.1) is 0 Å². The molecule has 2 aromatic carbocycles. The van der Waals surface area contributed by atoms with Crippen LogP contribution in [0, 0.1) is 5.82 Å². The van der Waals surface area contributed by atoms with E-state index in [1.807, 2.05) is 0 Å². The Balaban J connectivity index is 1.95. The first-order valence-corrected chi connectivity index (χ1v) is 12.0. The molecule has 3 rings (SSSR count). The van der Waals surface area contributed by atoms with Gasteiger partial charge in [0.2, 0.25) is 24.8 Å². The molecule has 0 bridgehead atoms. The van der Waals surface area contributed by atoms with Gasteiger partial charge in [-0.1, -0.05) is 24.3 Å². The molecule has 3 aromatic rings. The van der Waals surface area contributed by atoms with Crippen molar-refractivity contribution in [2.24, 2.45) is 0 Å². The highest BCUT2D eigenvalue weighted by Gasteiger charge is 2.39. The van der Waals surface area contributed by atoms with Crippen molar-refractivity contribution < 1.29 is 43.6 Å². The molecule has 0 aliphatic heterocycles. The molecule has 0 fully saturated rings. The second kappa shape index (κ2) is 8.63. The summed E-state index contributed by atoms with van der Waals surface area (Å²) in [6.07, 6.45) is -4.26. The molecule has 0 saturated carbocycles. The van der Waals surface area contributed by atoms with Gasteiger partial charge in [-0.05, 0) is 42.8 Å². The molecular weight excluding hydrogens is 490 g/mol. The molecule has 7 nitrogen and oxygen atoms in total. The van der Waals surface area contributed by atoms with Crippen LogP contribution in [-0.2, 0) is 24.5 Å². The van der Waals surface area contributed by atoms with E-state index in [4.69, 9.17) is 4.42 Å². The first-order valence-electron chi connectivity index (χ1n) is 9.06. The van der Waals surface area contributed by atoms with Gasteiger partial charge in [-0.25, -0.2) is 21.2 Å². The highest BCUT2D eigenvalue weighted by Crippen LogP contribution is 2.33. The molecule has 33 heavy (non-hydrogen) atoms. The maximum Gasteiger partial charge on any atom is 0.471 e. The third-order valence-corrected chi connectivity index (χ3v) is 8.19. The number of nitrogens with one attached hydrogen (secondary N) is 1. The Morgan fingerprint density at radius 2 is 1.52 bits per heavy atom. The summed E-state index contributed by atoms with van der Waals surface area (Å²) < 4.78 is 108. The molecule has 0 unspecified atom stereocenters. The molecule has 0 aliphatic rings. The predicted molar refractivity (Wildman–Crippen MR) is 105 cm³/mol. The molecule has 0 saturated heterocycles. The number of carbonyl (C=O) groups is 1. The number of rotatable bonds is 6. The maximum atomic E-state index is 14.0. The van der Waals surface area contributed by atoms with Crippen molar-refractivity contribution in [3.8, 4) is 0 Å². The number of halogens is 4. The van der Waals surface area contributed by atoms with Gasteiger partial charge in [0.15, 0.2) is 0 Å². The van der Waals surface area contributed by atoms with E-state index in [9.17, 15) is 39.2 Å². The largest absolute Gasteiger partial charge is 0.471 e. The van der Waals surface area contributed by atoms with Crippen molar-refractivity contribution in [1.29, 1.82) is 0 Å². The van der Waals surface area contributed by atoms with Crippen molar-refractivity contribution in [1.82, 2.24) is 5.32 Å². The summed E-state index contributed by atoms with van der Waals surface area (Å²) >= 11 is 0. The monoisotopic (exact) mass is 505 g/mol. The van der Waals surface area contributed by atoms with Crippen LogP contribution >= 0.6 is 0 Å². The number of furan rings is 1. The fraction of sp³-hybridized carbons (Fsp3) is 0.150. The standard InChI is InChI=1S/C20H15F4NO6S2/c1-12(25-19(26)20(22,23)24)13-6-8-14(9-7-13)32(27,28)17-10-11-31-18(17)33(29,30)16-5-3-2-4-15(16)21/h2-12H,1H3,(H,25,26)/t12-/m0/s1. The van der Waals surface area contributed by atoms with Crippen LogP contribution in [0.1, 0.15) is 18.5 Å². The zero-order valence-electron chi connectivity index (χ0n) is 16.6. The Morgan fingerprint density at radius 1 is 0.909 bits per heavy atom. The molecule has 1 N–H and O–H groups in total. The van der Waals surface area contributed by atoms with Crippen LogP contribution in [0.3, 0.4) is 0 Å².